The number of nitrogens with zero attached hydrogens (tertiary/aromatic N) is 1. The molecule has 39 heavy (non-hydrogen) atoms. The molecule has 4 rings (SSSR count). The van der Waals surface area contributed by atoms with Crippen LogP contribution in [0.3, 0.4) is 0 Å². The van der Waals surface area contributed by atoms with Gasteiger partial charge in [0.25, 0.3) is 0 Å². The topological polar surface area (TPSA) is 92.5 Å². The fourth-order valence-corrected chi connectivity index (χ4v) is 5.99. The van der Waals surface area contributed by atoms with E-state index in [9.17, 15) is 13.2 Å². The molecule has 0 saturated heterocycles. The Morgan fingerprint density at radius 2 is 1.46 bits per heavy atom. The minimum absolute atomic E-state index is 0.108. The molecule has 0 aliphatic heterocycles. The molecule has 1 amide bonds. The van der Waals surface area contributed by atoms with Gasteiger partial charge in [-0.05, 0) is 58.4 Å². The van der Waals surface area contributed by atoms with Gasteiger partial charge in [-0.15, -0.1) is 0 Å². The van der Waals surface area contributed by atoms with E-state index < -0.39 is 10.0 Å². The molecule has 0 fully saturated rings. The Bertz CT molecular complexity index is 1490. The van der Waals surface area contributed by atoms with Crippen molar-refractivity contribution >= 4 is 15.9 Å². The number of rotatable bonds is 11. The van der Waals surface area contributed by atoms with Crippen LogP contribution in [0.15, 0.2) is 108 Å². The van der Waals surface area contributed by atoms with Gasteiger partial charge >= 0.3 is 0 Å². The number of nitrogens with one attached hydrogen (secondary N) is 1. The van der Waals surface area contributed by atoms with Gasteiger partial charge < -0.3 is 11.1 Å². The highest BCUT2D eigenvalue weighted by atomic mass is 32.2. The summed E-state index contributed by atoms with van der Waals surface area (Å²) >= 11 is 0. The molecule has 0 aliphatic carbocycles. The van der Waals surface area contributed by atoms with Gasteiger partial charge in [0, 0.05) is 19.6 Å². The third kappa shape index (κ3) is 7.20. The lowest BCUT2D eigenvalue weighted by Crippen LogP contribution is -2.42. The summed E-state index contributed by atoms with van der Waals surface area (Å²) in [5.74, 6) is -0.470. The largest absolute Gasteiger partial charge is 0.351 e. The summed E-state index contributed by atoms with van der Waals surface area (Å²) in [7, 11) is -3.94. The zero-order valence-electron chi connectivity index (χ0n) is 22.4. The van der Waals surface area contributed by atoms with Crippen LogP contribution in [0.5, 0.6) is 0 Å². The van der Waals surface area contributed by atoms with Crippen molar-refractivity contribution in [1.29, 1.82) is 0 Å². The van der Waals surface area contributed by atoms with E-state index in [1.165, 1.54) is 4.31 Å². The van der Waals surface area contributed by atoms with Crippen LogP contribution in [-0.2, 0) is 27.9 Å². The van der Waals surface area contributed by atoms with Crippen molar-refractivity contribution < 1.29 is 13.2 Å². The van der Waals surface area contributed by atoms with E-state index in [0.717, 1.165) is 33.4 Å². The number of carbonyl (C=O) groups is 1. The van der Waals surface area contributed by atoms with Gasteiger partial charge in [0.2, 0.25) is 15.9 Å². The lowest BCUT2D eigenvalue weighted by atomic mass is 10.0. The van der Waals surface area contributed by atoms with Crippen LogP contribution < -0.4 is 11.1 Å². The maximum atomic E-state index is 13.8. The molecule has 0 spiro atoms. The van der Waals surface area contributed by atoms with Crippen LogP contribution in [0.2, 0.25) is 0 Å². The number of amides is 1. The Hall–Kier alpha value is -3.78. The lowest BCUT2D eigenvalue weighted by Gasteiger charge is -2.25. The Morgan fingerprint density at radius 1 is 0.846 bits per heavy atom. The molecule has 4 aromatic carbocycles. The van der Waals surface area contributed by atoms with Gasteiger partial charge in [-0.2, -0.15) is 4.31 Å². The lowest BCUT2D eigenvalue weighted by molar-refractivity contribution is -0.121. The van der Waals surface area contributed by atoms with E-state index in [0.29, 0.717) is 13.1 Å². The molecular weight excluding hydrogens is 506 g/mol. The zero-order chi connectivity index (χ0) is 27.8. The maximum Gasteiger partial charge on any atom is 0.243 e. The summed E-state index contributed by atoms with van der Waals surface area (Å²) in [6, 6.07) is 32.2. The highest BCUT2D eigenvalue weighted by molar-refractivity contribution is 7.89. The van der Waals surface area contributed by atoms with E-state index in [4.69, 9.17) is 5.73 Å². The molecule has 1 atom stereocenters. The van der Waals surface area contributed by atoms with Crippen LogP contribution in [0.1, 0.15) is 35.1 Å². The number of hydrogen-bond donors (Lipinski definition) is 2. The van der Waals surface area contributed by atoms with Gasteiger partial charge in [-0.25, -0.2) is 8.42 Å². The summed E-state index contributed by atoms with van der Waals surface area (Å²) in [5.41, 5.74) is 11.7. The third-order valence-electron chi connectivity index (χ3n) is 6.86. The van der Waals surface area contributed by atoms with E-state index in [2.05, 4.69) is 5.32 Å². The van der Waals surface area contributed by atoms with Crippen LogP contribution in [0.4, 0.5) is 0 Å². The summed E-state index contributed by atoms with van der Waals surface area (Å²) in [4.78, 5) is 13.1. The average molecular weight is 542 g/mol. The minimum Gasteiger partial charge on any atom is -0.351 e. The predicted octanol–water partition coefficient (Wildman–Crippen LogP) is 5.23. The maximum absolute atomic E-state index is 13.8. The predicted molar refractivity (Wildman–Crippen MR) is 156 cm³/mol. The van der Waals surface area contributed by atoms with Crippen LogP contribution in [0, 0.1) is 6.92 Å². The molecule has 0 saturated carbocycles. The van der Waals surface area contributed by atoms with Crippen LogP contribution in [0.25, 0.3) is 11.1 Å². The minimum atomic E-state index is -3.94. The fraction of sp³-hybridized carbons (Fsp3) is 0.219. The molecule has 0 heterocycles. The van der Waals surface area contributed by atoms with Gasteiger partial charge in [0.1, 0.15) is 0 Å². The van der Waals surface area contributed by atoms with Crippen molar-refractivity contribution in [2.24, 2.45) is 5.73 Å². The molecule has 0 aromatic heterocycles. The monoisotopic (exact) mass is 541 g/mol. The second kappa shape index (κ2) is 12.8. The first-order valence-electron chi connectivity index (χ1n) is 13.0. The number of nitrogens with two attached hydrogens (primary N) is 1. The van der Waals surface area contributed by atoms with Crippen LogP contribution >= 0.6 is 0 Å². The SMILES string of the molecule is Cc1ccccc1-c1ccc(S(=O)(=O)N(CC(=O)NCc2ccc(CN)cc2)CC(C)c2ccccc2)cc1. The van der Waals surface area contributed by atoms with Crippen molar-refractivity contribution in [1.82, 2.24) is 9.62 Å². The van der Waals surface area contributed by atoms with Gasteiger partial charge in [-0.3, -0.25) is 4.79 Å². The molecule has 3 N–H and O–H groups in total. The standard InChI is InChI=1S/C32H35N3O3S/c1-24-8-6-7-11-31(24)29-16-18-30(19-17-29)39(37,38)35(22-25(2)28-9-4-3-5-10-28)23-32(36)34-21-27-14-12-26(20-33)13-15-27/h3-19,25H,20-23,33H2,1-2H3,(H,34,36). The van der Waals surface area contributed by atoms with Crippen molar-refractivity contribution in [3.05, 3.63) is 125 Å². The van der Waals surface area contributed by atoms with Crippen molar-refractivity contribution in [3.8, 4) is 11.1 Å². The molecular formula is C32H35N3O3S. The number of hydrogen-bond acceptors (Lipinski definition) is 4. The smallest absolute Gasteiger partial charge is 0.243 e. The zero-order valence-corrected chi connectivity index (χ0v) is 23.2. The molecule has 4 aromatic rings. The second-order valence-corrected chi connectivity index (χ2v) is 11.7. The number of aryl methyl sites for hydroxylation is 1. The number of carbonyl (C=O) groups excluding carboxylic acids is 1. The Morgan fingerprint density at radius 3 is 2.10 bits per heavy atom. The fourth-order valence-electron chi connectivity index (χ4n) is 4.50. The molecule has 0 bridgehead atoms. The van der Waals surface area contributed by atoms with Gasteiger partial charge in [-0.1, -0.05) is 97.9 Å². The quantitative estimate of drug-likeness (QED) is 0.272. The summed E-state index contributed by atoms with van der Waals surface area (Å²) < 4.78 is 28.9. The molecule has 7 heteroatoms. The Kier molecular flexibility index (Phi) is 9.30. The van der Waals surface area contributed by atoms with Crippen LogP contribution in [-0.4, -0.2) is 31.7 Å². The first-order chi connectivity index (χ1) is 18.8. The van der Waals surface area contributed by atoms with Gasteiger partial charge in [0.05, 0.1) is 11.4 Å². The van der Waals surface area contributed by atoms with Crippen molar-refractivity contribution in [3.63, 3.8) is 0 Å². The highest BCUT2D eigenvalue weighted by Gasteiger charge is 2.28. The third-order valence-corrected chi connectivity index (χ3v) is 8.69. The average Bonchev–Trinajstić information content (AvgIpc) is 2.96. The molecule has 1 unspecified atom stereocenters. The molecule has 202 valence electrons. The summed E-state index contributed by atoms with van der Waals surface area (Å²) in [5, 5.41) is 2.86. The first-order valence-corrected chi connectivity index (χ1v) is 14.5. The number of sulfonamides is 1. The normalized spacial score (nSPS) is 12.3. The molecule has 6 nitrogen and oxygen atoms in total. The van der Waals surface area contributed by atoms with Gasteiger partial charge in [0.15, 0.2) is 0 Å². The first kappa shape index (κ1) is 28.2. The van der Waals surface area contributed by atoms with E-state index in [1.54, 1.807) is 12.1 Å². The van der Waals surface area contributed by atoms with E-state index in [1.807, 2.05) is 105 Å². The highest BCUT2D eigenvalue weighted by Crippen LogP contribution is 2.27. The van der Waals surface area contributed by atoms with Crippen molar-refractivity contribution in [2.45, 2.75) is 37.8 Å². The Balaban J connectivity index is 1.55. The Labute approximate surface area is 231 Å². The van der Waals surface area contributed by atoms with E-state index in [-0.39, 0.29) is 29.8 Å². The summed E-state index contributed by atoms with van der Waals surface area (Å²) in [6.07, 6.45) is 0. The van der Waals surface area contributed by atoms with E-state index >= 15 is 0 Å². The summed E-state index contributed by atoms with van der Waals surface area (Å²) in [6.45, 7) is 4.64. The second-order valence-electron chi connectivity index (χ2n) is 9.75. The molecule has 0 aliphatic rings. The molecule has 0 radical (unpaired) electrons. The number of benzene rings is 4. The van der Waals surface area contributed by atoms with Crippen molar-refractivity contribution in [2.75, 3.05) is 13.1 Å².